The van der Waals surface area contributed by atoms with Crippen molar-refractivity contribution in [2.75, 3.05) is 5.75 Å². The molecule has 0 aromatic heterocycles. The molecule has 0 heterocycles. The first-order valence-electron chi connectivity index (χ1n) is 2.52. The first-order chi connectivity index (χ1) is 4.54. The molecule has 0 rings (SSSR count). The van der Waals surface area contributed by atoms with Gasteiger partial charge in [0.05, 0.1) is 12.1 Å². The maximum absolute atomic E-state index is 10.7. The fraction of sp³-hybridized carbons (Fsp3) is 0.600. The van der Waals surface area contributed by atoms with Crippen LogP contribution in [0.4, 0.5) is 0 Å². The van der Waals surface area contributed by atoms with Crippen LogP contribution in [0.25, 0.3) is 0 Å². The molecule has 5 heteroatoms. The van der Waals surface area contributed by atoms with Gasteiger partial charge in [0, 0.05) is 0 Å². The topological polar surface area (TPSA) is 81.7 Å². The highest BCUT2D eigenvalue weighted by atomic mass is 32.2. The number of sulfone groups is 1. The van der Waals surface area contributed by atoms with Gasteiger partial charge in [0.15, 0.2) is 9.84 Å². The number of hydrogen-bond acceptors (Lipinski definition) is 4. The van der Waals surface area contributed by atoms with Crippen LogP contribution in [0.5, 0.6) is 0 Å². The van der Waals surface area contributed by atoms with E-state index >= 15 is 0 Å². The molecule has 0 spiro atoms. The van der Waals surface area contributed by atoms with Crippen molar-refractivity contribution in [1.82, 2.24) is 0 Å². The summed E-state index contributed by atoms with van der Waals surface area (Å²) in [6.07, 6.45) is 0. The zero-order valence-electron chi connectivity index (χ0n) is 5.40. The summed E-state index contributed by atoms with van der Waals surface area (Å²) in [7, 11) is -3.48. The van der Waals surface area contributed by atoms with Crippen LogP contribution in [0.3, 0.4) is 0 Å². The van der Waals surface area contributed by atoms with Crippen LogP contribution in [-0.4, -0.2) is 19.4 Å². The molecule has 0 radical (unpaired) electrons. The van der Waals surface area contributed by atoms with Crippen LogP contribution in [-0.2, 0) is 9.84 Å². The lowest BCUT2D eigenvalue weighted by atomic mass is 10.5. The first-order valence-corrected chi connectivity index (χ1v) is 4.24. The van der Waals surface area contributed by atoms with E-state index in [1.54, 1.807) is 6.07 Å². The van der Waals surface area contributed by atoms with Gasteiger partial charge in [-0.1, -0.05) is 0 Å². The van der Waals surface area contributed by atoms with E-state index in [2.05, 4.69) is 0 Å². The van der Waals surface area contributed by atoms with Gasteiger partial charge in [0.2, 0.25) is 0 Å². The highest BCUT2D eigenvalue weighted by Crippen LogP contribution is 1.98. The van der Waals surface area contributed by atoms with Crippen molar-refractivity contribution in [2.24, 2.45) is 0 Å². The van der Waals surface area contributed by atoms with Gasteiger partial charge in [-0.25, -0.2) is 8.42 Å². The molecule has 0 aliphatic heterocycles. The molecule has 0 amide bonds. The van der Waals surface area contributed by atoms with E-state index in [1.807, 2.05) is 0 Å². The zero-order valence-corrected chi connectivity index (χ0v) is 6.22. The largest absolute Gasteiger partial charge is 0.226 e. The van der Waals surface area contributed by atoms with Gasteiger partial charge in [0.1, 0.15) is 11.0 Å². The maximum atomic E-state index is 10.7. The average molecular weight is 158 g/mol. The fourth-order valence-electron chi connectivity index (χ4n) is 0.295. The van der Waals surface area contributed by atoms with E-state index in [9.17, 15) is 8.42 Å². The second-order valence-corrected chi connectivity index (χ2v) is 4.06. The molecule has 54 valence electrons. The molecule has 0 saturated heterocycles. The Hall–Kier alpha value is -1.07. The molecule has 0 bridgehead atoms. The number of hydrogen-bond donors (Lipinski definition) is 0. The number of rotatable bonds is 2. The van der Waals surface area contributed by atoms with Gasteiger partial charge >= 0.3 is 0 Å². The molecule has 1 atom stereocenters. The third kappa shape index (κ3) is 2.04. The summed E-state index contributed by atoms with van der Waals surface area (Å²) in [5, 5.41) is 15.1. The van der Waals surface area contributed by atoms with Crippen LogP contribution in [0.2, 0.25) is 0 Å². The van der Waals surface area contributed by atoms with Crippen LogP contribution in [0.15, 0.2) is 0 Å². The molecule has 0 aromatic rings. The lowest BCUT2D eigenvalue weighted by Crippen LogP contribution is -2.18. The number of nitrogens with zero attached hydrogens (tertiary/aromatic N) is 2. The van der Waals surface area contributed by atoms with Crippen molar-refractivity contribution < 1.29 is 8.42 Å². The van der Waals surface area contributed by atoms with Gasteiger partial charge in [-0.15, -0.1) is 0 Å². The van der Waals surface area contributed by atoms with Gasteiger partial charge in [-0.2, -0.15) is 10.5 Å². The van der Waals surface area contributed by atoms with Gasteiger partial charge in [-0.3, -0.25) is 0 Å². The Balaban J connectivity index is 4.50. The molecule has 1 unspecified atom stereocenters. The van der Waals surface area contributed by atoms with Crippen LogP contribution in [0, 0.1) is 22.7 Å². The average Bonchev–Trinajstić information content (AvgIpc) is 1.86. The van der Waals surface area contributed by atoms with E-state index in [0.29, 0.717) is 0 Å². The first kappa shape index (κ1) is 8.93. The van der Waals surface area contributed by atoms with Crippen LogP contribution < -0.4 is 0 Å². The molecular weight excluding hydrogens is 152 g/mol. The van der Waals surface area contributed by atoms with Crippen LogP contribution >= 0.6 is 0 Å². The Morgan fingerprint density at radius 1 is 1.50 bits per heavy atom. The summed E-state index contributed by atoms with van der Waals surface area (Å²) in [5.74, 6) is -0.582. The van der Waals surface area contributed by atoms with E-state index in [1.165, 1.54) is 13.0 Å². The van der Waals surface area contributed by atoms with E-state index in [0.717, 1.165) is 0 Å². The van der Waals surface area contributed by atoms with Crippen molar-refractivity contribution in [3.05, 3.63) is 0 Å². The van der Waals surface area contributed by atoms with Crippen molar-refractivity contribution in [1.29, 1.82) is 10.5 Å². The third-order valence-corrected chi connectivity index (χ3v) is 2.70. The lowest BCUT2D eigenvalue weighted by Gasteiger charge is -1.97. The Morgan fingerprint density at radius 2 is 2.00 bits per heavy atom. The quantitative estimate of drug-likeness (QED) is 0.559. The van der Waals surface area contributed by atoms with Crippen molar-refractivity contribution in [3.63, 3.8) is 0 Å². The van der Waals surface area contributed by atoms with Crippen molar-refractivity contribution in [2.45, 2.75) is 12.2 Å². The van der Waals surface area contributed by atoms with Crippen molar-refractivity contribution >= 4 is 9.84 Å². The van der Waals surface area contributed by atoms with E-state index in [4.69, 9.17) is 10.5 Å². The zero-order chi connectivity index (χ0) is 8.20. The minimum Gasteiger partial charge on any atom is -0.226 e. The Labute approximate surface area is 59.6 Å². The SMILES string of the molecule is CC(C#N)S(=O)(=O)CC#N. The van der Waals surface area contributed by atoms with Crippen LogP contribution in [0.1, 0.15) is 6.92 Å². The molecule has 0 aromatic carbocycles. The predicted molar refractivity (Wildman–Crippen MR) is 34.5 cm³/mol. The third-order valence-electron chi connectivity index (χ3n) is 0.986. The monoisotopic (exact) mass is 158 g/mol. The molecular formula is C5H6N2O2S. The Bertz CT molecular complexity index is 280. The predicted octanol–water partition coefficient (Wildman–Crippen LogP) is -0.163. The minimum absolute atomic E-state index is 0.582. The van der Waals surface area contributed by atoms with E-state index in [-0.39, 0.29) is 0 Å². The van der Waals surface area contributed by atoms with Crippen molar-refractivity contribution in [3.8, 4) is 12.1 Å². The molecule has 0 fully saturated rings. The standard InChI is InChI=1S/C5H6N2O2S/c1-5(4-7)10(8,9)3-2-6/h5H,3H2,1H3. The van der Waals surface area contributed by atoms with Gasteiger partial charge in [-0.05, 0) is 6.92 Å². The maximum Gasteiger partial charge on any atom is 0.179 e. The van der Waals surface area contributed by atoms with Gasteiger partial charge < -0.3 is 0 Å². The number of nitriles is 2. The Kier molecular flexibility index (Phi) is 2.85. The summed E-state index contributed by atoms with van der Waals surface area (Å²) in [6.45, 7) is 1.26. The molecule has 0 N–H and O–H groups in total. The molecule has 4 nitrogen and oxygen atoms in total. The molecule has 0 saturated carbocycles. The lowest BCUT2D eigenvalue weighted by molar-refractivity contribution is 0.595. The molecule has 10 heavy (non-hydrogen) atoms. The normalized spacial score (nSPS) is 13.1. The summed E-state index contributed by atoms with van der Waals surface area (Å²) >= 11 is 0. The summed E-state index contributed by atoms with van der Waals surface area (Å²) in [6, 6.07) is 3.04. The summed E-state index contributed by atoms with van der Waals surface area (Å²) < 4.78 is 21.4. The second kappa shape index (κ2) is 3.19. The highest BCUT2D eigenvalue weighted by Gasteiger charge is 2.18. The molecule has 0 aliphatic rings. The summed E-state index contributed by atoms with van der Waals surface area (Å²) in [4.78, 5) is 0. The smallest absolute Gasteiger partial charge is 0.179 e. The Morgan fingerprint density at radius 3 is 2.30 bits per heavy atom. The highest BCUT2D eigenvalue weighted by molar-refractivity contribution is 7.92. The fourth-order valence-corrected chi connectivity index (χ4v) is 0.886. The second-order valence-electron chi connectivity index (χ2n) is 1.74. The summed E-state index contributed by atoms with van der Waals surface area (Å²) in [5.41, 5.74) is 0. The van der Waals surface area contributed by atoms with E-state index < -0.39 is 20.8 Å². The minimum atomic E-state index is -3.48. The molecule has 0 aliphatic carbocycles. The van der Waals surface area contributed by atoms with Gasteiger partial charge in [0.25, 0.3) is 0 Å².